The van der Waals surface area contributed by atoms with E-state index in [0.29, 0.717) is 6.42 Å². The van der Waals surface area contributed by atoms with Crippen LogP contribution in [0.1, 0.15) is 26.7 Å². The van der Waals surface area contributed by atoms with Crippen LogP contribution in [-0.4, -0.2) is 26.3 Å². The second-order valence-electron chi connectivity index (χ2n) is 3.92. The molecule has 0 radical (unpaired) electrons. The Hall–Kier alpha value is -0.670. The largest absolute Gasteiger partial charge is 0.359 e. The van der Waals surface area contributed by atoms with Crippen molar-refractivity contribution in [2.75, 3.05) is 13.9 Å². The fourth-order valence-corrected chi connectivity index (χ4v) is 1.33. The van der Waals surface area contributed by atoms with Gasteiger partial charge in [-0.15, -0.1) is 6.58 Å². The zero-order valence-electron chi connectivity index (χ0n) is 9.29. The third kappa shape index (κ3) is 4.53. The van der Waals surface area contributed by atoms with Gasteiger partial charge in [0.25, 0.3) is 0 Å². The molecule has 14 heavy (non-hydrogen) atoms. The average Bonchev–Trinajstić information content (AvgIpc) is 2.16. The molecule has 0 saturated heterocycles. The van der Waals surface area contributed by atoms with E-state index in [4.69, 9.17) is 9.47 Å². The van der Waals surface area contributed by atoms with Gasteiger partial charge in [0.05, 0.1) is 6.10 Å². The molecule has 0 fully saturated rings. The highest BCUT2D eigenvalue weighted by atomic mass is 16.7. The maximum absolute atomic E-state index is 10.3. The highest BCUT2D eigenvalue weighted by Gasteiger charge is 2.27. The molecule has 82 valence electrons. The first-order valence-corrected chi connectivity index (χ1v) is 4.75. The summed E-state index contributed by atoms with van der Waals surface area (Å²) in [5, 5.41) is 0. The first kappa shape index (κ1) is 13.3. The Kier molecular flexibility index (Phi) is 6.41. The first-order valence-electron chi connectivity index (χ1n) is 4.75. The molecule has 3 nitrogen and oxygen atoms in total. The van der Waals surface area contributed by atoms with E-state index in [9.17, 15) is 4.79 Å². The van der Waals surface area contributed by atoms with Crippen molar-refractivity contribution in [3.05, 3.63) is 12.7 Å². The van der Waals surface area contributed by atoms with Crippen LogP contribution >= 0.6 is 0 Å². The molecule has 0 aromatic carbocycles. The van der Waals surface area contributed by atoms with E-state index in [-0.39, 0.29) is 18.3 Å². The van der Waals surface area contributed by atoms with Gasteiger partial charge in [-0.2, -0.15) is 0 Å². The van der Waals surface area contributed by atoms with Crippen LogP contribution in [0.3, 0.4) is 0 Å². The van der Waals surface area contributed by atoms with Gasteiger partial charge in [-0.3, -0.25) is 0 Å². The molecule has 3 heteroatoms. The Morgan fingerprint density at radius 1 is 1.50 bits per heavy atom. The van der Waals surface area contributed by atoms with Crippen LogP contribution in [-0.2, 0) is 14.3 Å². The second-order valence-corrected chi connectivity index (χ2v) is 3.92. The molecule has 0 bridgehead atoms. The zero-order valence-corrected chi connectivity index (χ0v) is 9.29. The number of hydrogen-bond donors (Lipinski definition) is 0. The van der Waals surface area contributed by atoms with Crippen molar-refractivity contribution in [1.82, 2.24) is 0 Å². The van der Waals surface area contributed by atoms with E-state index in [1.165, 1.54) is 0 Å². The summed E-state index contributed by atoms with van der Waals surface area (Å²) in [7, 11) is 1.58. The smallest absolute Gasteiger partial charge is 0.147 e. The number of carbonyl (C=O) groups is 1. The van der Waals surface area contributed by atoms with E-state index >= 15 is 0 Å². The minimum absolute atomic E-state index is 0.0811. The summed E-state index contributed by atoms with van der Waals surface area (Å²) in [4.78, 5) is 10.3. The van der Waals surface area contributed by atoms with Gasteiger partial charge < -0.3 is 14.3 Å². The average molecular weight is 200 g/mol. The monoisotopic (exact) mass is 200 g/mol. The number of ether oxygens (including phenoxy) is 2. The van der Waals surface area contributed by atoms with Gasteiger partial charge in [-0.1, -0.05) is 19.9 Å². The highest BCUT2D eigenvalue weighted by molar-refractivity contribution is 5.49. The van der Waals surface area contributed by atoms with Crippen LogP contribution in [0.2, 0.25) is 0 Å². The minimum Gasteiger partial charge on any atom is -0.359 e. The van der Waals surface area contributed by atoms with Gasteiger partial charge in [0.15, 0.2) is 0 Å². The third-order valence-electron chi connectivity index (χ3n) is 2.26. The highest BCUT2D eigenvalue weighted by Crippen LogP contribution is 2.29. The van der Waals surface area contributed by atoms with Crippen LogP contribution in [0.4, 0.5) is 0 Å². The third-order valence-corrected chi connectivity index (χ3v) is 2.26. The summed E-state index contributed by atoms with van der Waals surface area (Å²) >= 11 is 0. The molecule has 0 heterocycles. The Morgan fingerprint density at radius 2 is 2.14 bits per heavy atom. The lowest BCUT2D eigenvalue weighted by atomic mass is 9.82. The summed E-state index contributed by atoms with van der Waals surface area (Å²) in [6.45, 7) is 8.08. The predicted molar refractivity (Wildman–Crippen MR) is 56.0 cm³/mol. The summed E-state index contributed by atoms with van der Waals surface area (Å²) < 4.78 is 10.3. The van der Waals surface area contributed by atoms with Crippen LogP contribution < -0.4 is 0 Å². The van der Waals surface area contributed by atoms with E-state index in [2.05, 4.69) is 20.4 Å². The summed E-state index contributed by atoms with van der Waals surface area (Å²) in [6.07, 6.45) is 3.94. The van der Waals surface area contributed by atoms with E-state index in [1.54, 1.807) is 13.2 Å². The first-order chi connectivity index (χ1) is 6.58. The zero-order chi connectivity index (χ0) is 11.0. The van der Waals surface area contributed by atoms with Crippen molar-refractivity contribution >= 4 is 6.29 Å². The standard InChI is InChI=1S/C11H20O3/c1-5-10(14-9-13-4)11(2,3)7-6-8-12/h5,8,10H,1,6-7,9H2,2-4H3. The van der Waals surface area contributed by atoms with Crippen molar-refractivity contribution < 1.29 is 14.3 Å². The lowest BCUT2D eigenvalue weighted by Crippen LogP contribution is -2.31. The molecule has 0 rings (SSSR count). The Morgan fingerprint density at radius 3 is 2.57 bits per heavy atom. The maximum Gasteiger partial charge on any atom is 0.147 e. The predicted octanol–water partition coefficient (Wildman–Crippen LogP) is 2.17. The van der Waals surface area contributed by atoms with Crippen LogP contribution in [0, 0.1) is 5.41 Å². The molecule has 0 aliphatic carbocycles. The van der Waals surface area contributed by atoms with Crippen LogP contribution in [0.5, 0.6) is 0 Å². The van der Waals surface area contributed by atoms with Crippen LogP contribution in [0.15, 0.2) is 12.7 Å². The van der Waals surface area contributed by atoms with E-state index in [0.717, 1.165) is 12.7 Å². The van der Waals surface area contributed by atoms with Gasteiger partial charge in [0, 0.05) is 13.5 Å². The summed E-state index contributed by atoms with van der Waals surface area (Å²) in [5.74, 6) is 0. The van der Waals surface area contributed by atoms with Crippen molar-refractivity contribution in [2.24, 2.45) is 5.41 Å². The van der Waals surface area contributed by atoms with Crippen LogP contribution in [0.25, 0.3) is 0 Å². The molecule has 0 aromatic heterocycles. The van der Waals surface area contributed by atoms with Crippen molar-refractivity contribution in [3.63, 3.8) is 0 Å². The lowest BCUT2D eigenvalue weighted by molar-refractivity contribution is -0.110. The van der Waals surface area contributed by atoms with Crippen molar-refractivity contribution in [3.8, 4) is 0 Å². The topological polar surface area (TPSA) is 35.5 Å². The summed E-state index contributed by atoms with van der Waals surface area (Å²) in [6, 6.07) is 0. The molecular formula is C11H20O3. The maximum atomic E-state index is 10.3. The molecule has 0 spiro atoms. The van der Waals surface area contributed by atoms with E-state index in [1.807, 2.05) is 0 Å². The van der Waals surface area contributed by atoms with Gasteiger partial charge in [0.1, 0.15) is 13.1 Å². The number of aldehydes is 1. The number of carbonyl (C=O) groups excluding carboxylic acids is 1. The Bertz CT molecular complexity index is 175. The molecule has 0 N–H and O–H groups in total. The molecule has 1 unspecified atom stereocenters. The van der Waals surface area contributed by atoms with Crippen molar-refractivity contribution in [1.29, 1.82) is 0 Å². The SMILES string of the molecule is C=CC(OCOC)C(C)(C)CCC=O. The number of hydrogen-bond acceptors (Lipinski definition) is 3. The Labute approximate surface area is 86.1 Å². The van der Waals surface area contributed by atoms with Gasteiger partial charge in [0.2, 0.25) is 0 Å². The lowest BCUT2D eigenvalue weighted by Gasteiger charge is -2.31. The molecule has 0 aromatic rings. The normalized spacial score (nSPS) is 13.6. The number of rotatable bonds is 8. The number of methoxy groups -OCH3 is 1. The molecule has 0 aliphatic heterocycles. The van der Waals surface area contributed by atoms with Gasteiger partial charge in [-0.05, 0) is 11.8 Å². The minimum atomic E-state index is -0.0822. The molecule has 0 saturated carbocycles. The van der Waals surface area contributed by atoms with E-state index < -0.39 is 0 Å². The molecule has 1 atom stereocenters. The molecule has 0 amide bonds. The quantitative estimate of drug-likeness (QED) is 0.342. The fraction of sp³-hybridized carbons (Fsp3) is 0.727. The fourth-order valence-electron chi connectivity index (χ4n) is 1.33. The van der Waals surface area contributed by atoms with Crippen molar-refractivity contribution in [2.45, 2.75) is 32.8 Å². The summed E-state index contributed by atoms with van der Waals surface area (Å²) in [5.41, 5.74) is -0.0822. The molecular weight excluding hydrogens is 180 g/mol. The van der Waals surface area contributed by atoms with Gasteiger partial charge >= 0.3 is 0 Å². The Balaban J connectivity index is 4.16. The second kappa shape index (κ2) is 6.74. The van der Waals surface area contributed by atoms with Gasteiger partial charge in [-0.25, -0.2) is 0 Å². The molecule has 0 aliphatic rings.